The second-order valence-corrected chi connectivity index (χ2v) is 6.01. The lowest BCUT2D eigenvalue weighted by Gasteiger charge is -2.19. The summed E-state index contributed by atoms with van der Waals surface area (Å²) in [7, 11) is 1.98. The van der Waals surface area contributed by atoms with E-state index in [0.717, 1.165) is 17.8 Å². The number of aryl methyl sites for hydroxylation is 1. The van der Waals surface area contributed by atoms with Crippen molar-refractivity contribution in [3.05, 3.63) is 41.6 Å². The average molecular weight is 257 g/mol. The van der Waals surface area contributed by atoms with Gasteiger partial charge >= 0.3 is 0 Å². The molecule has 1 aromatic carbocycles. The van der Waals surface area contributed by atoms with Crippen molar-refractivity contribution in [2.75, 3.05) is 6.54 Å². The predicted octanol–water partition coefficient (Wildman–Crippen LogP) is 2.89. The summed E-state index contributed by atoms with van der Waals surface area (Å²) >= 11 is 0. The van der Waals surface area contributed by atoms with Gasteiger partial charge in [-0.25, -0.2) is 0 Å². The number of aromatic nitrogens is 2. The highest BCUT2D eigenvalue weighted by atomic mass is 15.3. The Balaban J connectivity index is 2.32. The summed E-state index contributed by atoms with van der Waals surface area (Å²) in [6, 6.07) is 10.9. The molecule has 0 amide bonds. The molecule has 3 nitrogen and oxygen atoms in total. The van der Waals surface area contributed by atoms with Crippen LogP contribution in [0.4, 0.5) is 0 Å². The van der Waals surface area contributed by atoms with E-state index in [1.54, 1.807) is 0 Å². The molecule has 0 saturated carbocycles. The van der Waals surface area contributed by atoms with Gasteiger partial charge in [0, 0.05) is 13.5 Å². The van der Waals surface area contributed by atoms with Gasteiger partial charge in [-0.3, -0.25) is 4.68 Å². The Morgan fingerprint density at radius 3 is 2.32 bits per heavy atom. The number of nitrogens with two attached hydrogens (primary N) is 1. The SMILES string of the molecule is Cn1nc(CCN)cc1-c1ccc(C(C)(C)C)cc1. The summed E-state index contributed by atoms with van der Waals surface area (Å²) in [4.78, 5) is 0. The van der Waals surface area contributed by atoms with E-state index in [4.69, 9.17) is 5.73 Å². The van der Waals surface area contributed by atoms with Crippen LogP contribution in [0, 0.1) is 0 Å². The molecule has 0 atom stereocenters. The van der Waals surface area contributed by atoms with Crippen LogP contribution in [0.3, 0.4) is 0 Å². The summed E-state index contributed by atoms with van der Waals surface area (Å²) < 4.78 is 1.93. The normalized spacial score (nSPS) is 11.8. The lowest BCUT2D eigenvalue weighted by Crippen LogP contribution is -2.10. The molecule has 3 heteroatoms. The zero-order valence-corrected chi connectivity index (χ0v) is 12.3. The van der Waals surface area contributed by atoms with Crippen LogP contribution < -0.4 is 5.73 Å². The fraction of sp³-hybridized carbons (Fsp3) is 0.438. The highest BCUT2D eigenvalue weighted by Gasteiger charge is 2.14. The van der Waals surface area contributed by atoms with Gasteiger partial charge in [0.15, 0.2) is 0 Å². The lowest BCUT2D eigenvalue weighted by molar-refractivity contribution is 0.590. The van der Waals surface area contributed by atoms with Crippen molar-refractivity contribution in [2.45, 2.75) is 32.6 Å². The first-order chi connectivity index (χ1) is 8.91. The molecule has 0 bridgehead atoms. The van der Waals surface area contributed by atoms with Crippen molar-refractivity contribution in [2.24, 2.45) is 12.8 Å². The van der Waals surface area contributed by atoms with E-state index < -0.39 is 0 Å². The van der Waals surface area contributed by atoms with Crippen LogP contribution in [0.1, 0.15) is 32.0 Å². The van der Waals surface area contributed by atoms with E-state index >= 15 is 0 Å². The molecule has 2 N–H and O–H groups in total. The number of hydrogen-bond acceptors (Lipinski definition) is 2. The minimum atomic E-state index is 0.190. The minimum absolute atomic E-state index is 0.190. The molecule has 0 radical (unpaired) electrons. The van der Waals surface area contributed by atoms with Crippen molar-refractivity contribution >= 4 is 0 Å². The predicted molar refractivity (Wildman–Crippen MR) is 80.1 cm³/mol. The van der Waals surface area contributed by atoms with Crippen molar-refractivity contribution in [1.82, 2.24) is 9.78 Å². The maximum absolute atomic E-state index is 5.58. The van der Waals surface area contributed by atoms with Gasteiger partial charge in [0.25, 0.3) is 0 Å². The summed E-state index contributed by atoms with van der Waals surface area (Å²) in [5.74, 6) is 0. The molecule has 0 aliphatic rings. The van der Waals surface area contributed by atoms with Crippen molar-refractivity contribution < 1.29 is 0 Å². The van der Waals surface area contributed by atoms with Gasteiger partial charge in [-0.1, -0.05) is 45.0 Å². The molecule has 1 aromatic heterocycles. The zero-order valence-electron chi connectivity index (χ0n) is 12.3. The van der Waals surface area contributed by atoms with Crippen molar-refractivity contribution in [3.8, 4) is 11.3 Å². The van der Waals surface area contributed by atoms with E-state index in [9.17, 15) is 0 Å². The molecule has 2 aromatic rings. The molecule has 0 spiro atoms. The van der Waals surface area contributed by atoms with Gasteiger partial charge in [-0.2, -0.15) is 5.10 Å². The first-order valence-corrected chi connectivity index (χ1v) is 6.75. The summed E-state index contributed by atoms with van der Waals surface area (Å²) in [5.41, 5.74) is 10.5. The third kappa shape index (κ3) is 3.04. The number of benzene rings is 1. The largest absolute Gasteiger partial charge is 0.330 e. The molecule has 0 fully saturated rings. The van der Waals surface area contributed by atoms with Crippen LogP contribution in [-0.2, 0) is 18.9 Å². The molecule has 102 valence electrons. The summed E-state index contributed by atoms with van der Waals surface area (Å²) in [6.07, 6.45) is 0.827. The van der Waals surface area contributed by atoms with Gasteiger partial charge in [-0.15, -0.1) is 0 Å². The van der Waals surface area contributed by atoms with Gasteiger partial charge in [0.05, 0.1) is 11.4 Å². The minimum Gasteiger partial charge on any atom is -0.330 e. The van der Waals surface area contributed by atoms with E-state index in [1.165, 1.54) is 11.1 Å². The van der Waals surface area contributed by atoms with Crippen molar-refractivity contribution in [3.63, 3.8) is 0 Å². The Morgan fingerprint density at radius 1 is 1.16 bits per heavy atom. The molecule has 2 rings (SSSR count). The summed E-state index contributed by atoms with van der Waals surface area (Å²) in [5, 5.41) is 4.48. The van der Waals surface area contributed by atoms with Gasteiger partial charge in [-0.05, 0) is 29.2 Å². The monoisotopic (exact) mass is 257 g/mol. The van der Waals surface area contributed by atoms with Crippen molar-refractivity contribution in [1.29, 1.82) is 0 Å². The summed E-state index contributed by atoms with van der Waals surface area (Å²) in [6.45, 7) is 7.32. The van der Waals surface area contributed by atoms with Gasteiger partial charge in [0.2, 0.25) is 0 Å². The standard InChI is InChI=1S/C16H23N3/c1-16(2,3)13-7-5-12(6-8-13)15-11-14(9-10-17)18-19(15)4/h5-8,11H,9-10,17H2,1-4H3. The van der Waals surface area contributed by atoms with Crippen LogP contribution in [0.25, 0.3) is 11.3 Å². The lowest BCUT2D eigenvalue weighted by atomic mass is 9.86. The first-order valence-electron chi connectivity index (χ1n) is 6.75. The smallest absolute Gasteiger partial charge is 0.0681 e. The third-order valence-corrected chi connectivity index (χ3v) is 3.38. The molecule has 0 saturated heterocycles. The molecular weight excluding hydrogens is 234 g/mol. The number of hydrogen-bond donors (Lipinski definition) is 1. The Morgan fingerprint density at radius 2 is 1.79 bits per heavy atom. The van der Waals surface area contributed by atoms with Gasteiger partial charge in [0.1, 0.15) is 0 Å². The Labute approximate surface area is 115 Å². The molecule has 19 heavy (non-hydrogen) atoms. The molecule has 0 aliphatic heterocycles. The highest BCUT2D eigenvalue weighted by molar-refractivity contribution is 5.60. The average Bonchev–Trinajstić information content (AvgIpc) is 2.70. The van der Waals surface area contributed by atoms with Gasteiger partial charge < -0.3 is 5.73 Å². The number of nitrogens with zero attached hydrogens (tertiary/aromatic N) is 2. The van der Waals surface area contributed by atoms with Crippen LogP contribution in [0.15, 0.2) is 30.3 Å². The Bertz CT molecular complexity index is 544. The van der Waals surface area contributed by atoms with E-state index in [0.29, 0.717) is 6.54 Å². The fourth-order valence-electron chi connectivity index (χ4n) is 2.21. The number of rotatable bonds is 3. The van der Waals surface area contributed by atoms with E-state index in [-0.39, 0.29) is 5.41 Å². The maximum atomic E-state index is 5.58. The molecule has 0 unspecified atom stereocenters. The van der Waals surface area contributed by atoms with E-state index in [2.05, 4.69) is 56.2 Å². The Kier molecular flexibility index (Phi) is 3.76. The topological polar surface area (TPSA) is 43.8 Å². The molecule has 0 aliphatic carbocycles. The second kappa shape index (κ2) is 5.17. The van der Waals surface area contributed by atoms with Crippen LogP contribution in [-0.4, -0.2) is 16.3 Å². The fourth-order valence-corrected chi connectivity index (χ4v) is 2.21. The highest BCUT2D eigenvalue weighted by Crippen LogP contribution is 2.26. The quantitative estimate of drug-likeness (QED) is 0.919. The van der Waals surface area contributed by atoms with Crippen LogP contribution >= 0.6 is 0 Å². The zero-order chi connectivity index (χ0) is 14.0. The Hall–Kier alpha value is -1.61. The molecule has 1 heterocycles. The van der Waals surface area contributed by atoms with E-state index in [1.807, 2.05) is 11.7 Å². The first kappa shape index (κ1) is 13.8. The maximum Gasteiger partial charge on any atom is 0.0681 e. The van der Waals surface area contributed by atoms with Crippen LogP contribution in [0.2, 0.25) is 0 Å². The second-order valence-electron chi connectivity index (χ2n) is 6.01. The van der Waals surface area contributed by atoms with Crippen LogP contribution in [0.5, 0.6) is 0 Å². The molecular formula is C16H23N3. The third-order valence-electron chi connectivity index (χ3n) is 3.38.